The number of hydrogen-bond donors (Lipinski definition) is 1. The Balaban J connectivity index is 2.09. The molecule has 0 amide bonds. The van der Waals surface area contributed by atoms with Crippen LogP contribution < -0.4 is 5.32 Å². The van der Waals surface area contributed by atoms with Gasteiger partial charge in [0.05, 0.1) is 0 Å². The highest BCUT2D eigenvalue weighted by atomic mass is 16.4. The van der Waals surface area contributed by atoms with Gasteiger partial charge < -0.3 is 9.73 Å². The molecular formula is C11H19N3O. The first-order chi connectivity index (χ1) is 7.19. The van der Waals surface area contributed by atoms with Crippen LogP contribution in [0.4, 0.5) is 0 Å². The molecule has 1 aliphatic rings. The lowest BCUT2D eigenvalue weighted by Crippen LogP contribution is -2.41. The van der Waals surface area contributed by atoms with Crippen molar-refractivity contribution in [3.05, 3.63) is 11.8 Å². The van der Waals surface area contributed by atoms with Gasteiger partial charge in [-0.3, -0.25) is 0 Å². The molecule has 1 aliphatic heterocycles. The van der Waals surface area contributed by atoms with Gasteiger partial charge in [0.15, 0.2) is 0 Å². The molecule has 1 fully saturated rings. The predicted octanol–water partition coefficient (Wildman–Crippen LogP) is 1.88. The van der Waals surface area contributed by atoms with Crippen molar-refractivity contribution < 1.29 is 4.42 Å². The fourth-order valence-corrected chi connectivity index (χ4v) is 2.35. The molecule has 4 nitrogen and oxygen atoms in total. The third-order valence-electron chi connectivity index (χ3n) is 2.98. The molecule has 15 heavy (non-hydrogen) atoms. The van der Waals surface area contributed by atoms with Crippen LogP contribution in [-0.4, -0.2) is 22.3 Å². The van der Waals surface area contributed by atoms with Gasteiger partial charge in [-0.25, -0.2) is 0 Å². The van der Waals surface area contributed by atoms with Crippen LogP contribution in [0.1, 0.15) is 51.3 Å². The Morgan fingerprint density at radius 1 is 1.27 bits per heavy atom. The topological polar surface area (TPSA) is 51.0 Å². The van der Waals surface area contributed by atoms with E-state index in [-0.39, 0.29) is 0 Å². The quantitative estimate of drug-likeness (QED) is 0.808. The minimum absolute atomic E-state index is 0.434. The molecule has 0 aromatic carbocycles. The van der Waals surface area contributed by atoms with E-state index in [0.29, 0.717) is 18.0 Å². The van der Waals surface area contributed by atoms with Crippen LogP contribution in [0.5, 0.6) is 0 Å². The summed E-state index contributed by atoms with van der Waals surface area (Å²) >= 11 is 0. The number of aryl methyl sites for hydroxylation is 1. The van der Waals surface area contributed by atoms with E-state index in [9.17, 15) is 0 Å². The highest BCUT2D eigenvalue weighted by Gasteiger charge is 2.28. The number of piperidine rings is 1. The zero-order valence-corrected chi connectivity index (χ0v) is 9.66. The van der Waals surface area contributed by atoms with Crippen molar-refractivity contribution in [1.82, 2.24) is 15.5 Å². The van der Waals surface area contributed by atoms with Crippen LogP contribution in [0.2, 0.25) is 0 Å². The van der Waals surface area contributed by atoms with Crippen molar-refractivity contribution in [2.75, 3.05) is 0 Å². The maximum atomic E-state index is 5.62. The van der Waals surface area contributed by atoms with Crippen LogP contribution in [0, 0.1) is 0 Å². The minimum atomic E-state index is 0.434. The van der Waals surface area contributed by atoms with Crippen molar-refractivity contribution in [2.45, 2.75) is 58.0 Å². The van der Waals surface area contributed by atoms with E-state index in [1.807, 2.05) is 6.92 Å². The molecule has 0 bridgehead atoms. The number of aromatic nitrogens is 2. The molecule has 1 N–H and O–H groups in total. The predicted molar refractivity (Wildman–Crippen MR) is 57.7 cm³/mol. The molecule has 4 heteroatoms. The number of hydrogen-bond acceptors (Lipinski definition) is 4. The first-order valence-corrected chi connectivity index (χ1v) is 5.77. The zero-order chi connectivity index (χ0) is 10.8. The summed E-state index contributed by atoms with van der Waals surface area (Å²) in [6, 6.07) is 1.08. The number of nitrogens with one attached hydrogen (secondary N) is 1. The van der Waals surface area contributed by atoms with E-state index in [1.54, 1.807) is 0 Å². The molecule has 1 aromatic rings. The van der Waals surface area contributed by atoms with Crippen molar-refractivity contribution in [3.8, 4) is 0 Å². The zero-order valence-electron chi connectivity index (χ0n) is 9.66. The molecule has 0 spiro atoms. The Labute approximate surface area is 90.5 Å². The Kier molecular flexibility index (Phi) is 3.05. The Bertz CT molecular complexity index is 313. The van der Waals surface area contributed by atoms with Gasteiger partial charge in [-0.2, -0.15) is 0 Å². The van der Waals surface area contributed by atoms with Gasteiger partial charge in [0.1, 0.15) is 0 Å². The smallest absolute Gasteiger partial charge is 0.219 e. The highest BCUT2D eigenvalue weighted by molar-refractivity contribution is 4.97. The van der Waals surface area contributed by atoms with Crippen molar-refractivity contribution in [1.29, 1.82) is 0 Å². The lowest BCUT2D eigenvalue weighted by atomic mass is 9.89. The molecule has 2 heterocycles. The van der Waals surface area contributed by atoms with E-state index in [4.69, 9.17) is 4.42 Å². The summed E-state index contributed by atoms with van der Waals surface area (Å²) < 4.78 is 5.62. The van der Waals surface area contributed by atoms with Crippen LogP contribution in [0.25, 0.3) is 0 Å². The highest BCUT2D eigenvalue weighted by Crippen LogP contribution is 2.29. The first-order valence-electron chi connectivity index (χ1n) is 5.77. The molecule has 1 unspecified atom stereocenters. The molecule has 0 aliphatic carbocycles. The average Bonchev–Trinajstić information content (AvgIpc) is 2.64. The summed E-state index contributed by atoms with van der Waals surface area (Å²) in [4.78, 5) is 0. The monoisotopic (exact) mass is 209 g/mol. The minimum Gasteiger partial charge on any atom is -0.425 e. The molecule has 84 valence electrons. The summed E-state index contributed by atoms with van der Waals surface area (Å²) in [6.45, 7) is 6.45. The fraction of sp³-hybridized carbons (Fsp3) is 0.818. The van der Waals surface area contributed by atoms with E-state index < -0.39 is 0 Å². The van der Waals surface area contributed by atoms with Crippen molar-refractivity contribution >= 4 is 0 Å². The molecule has 0 saturated carbocycles. The maximum Gasteiger partial charge on any atom is 0.219 e. The van der Waals surface area contributed by atoms with Gasteiger partial charge in [-0.1, -0.05) is 6.92 Å². The van der Waals surface area contributed by atoms with Gasteiger partial charge in [0.25, 0.3) is 0 Å². The Morgan fingerprint density at radius 2 is 1.93 bits per heavy atom. The first kappa shape index (κ1) is 10.6. The van der Waals surface area contributed by atoms with Crippen LogP contribution in [0.15, 0.2) is 4.42 Å². The number of nitrogens with zero attached hydrogens (tertiary/aromatic N) is 2. The summed E-state index contributed by atoms with van der Waals surface area (Å²) in [6.07, 6.45) is 3.01. The molecule has 3 atom stereocenters. The molecule has 0 radical (unpaired) electrons. The maximum absolute atomic E-state index is 5.62. The molecule has 1 saturated heterocycles. The van der Waals surface area contributed by atoms with Gasteiger partial charge >= 0.3 is 0 Å². The van der Waals surface area contributed by atoms with E-state index >= 15 is 0 Å². The molecule has 2 rings (SSSR count). The summed E-state index contributed by atoms with van der Waals surface area (Å²) in [5, 5.41) is 11.7. The van der Waals surface area contributed by atoms with Crippen LogP contribution >= 0.6 is 0 Å². The second-order valence-corrected chi connectivity index (χ2v) is 4.52. The van der Waals surface area contributed by atoms with E-state index in [0.717, 1.165) is 31.0 Å². The average molecular weight is 209 g/mol. The summed E-state index contributed by atoms with van der Waals surface area (Å²) in [5.41, 5.74) is 0. The van der Waals surface area contributed by atoms with Crippen LogP contribution in [0.3, 0.4) is 0 Å². The van der Waals surface area contributed by atoms with Gasteiger partial charge in [0.2, 0.25) is 11.8 Å². The van der Waals surface area contributed by atoms with Gasteiger partial charge in [-0.05, 0) is 26.7 Å². The Hall–Kier alpha value is -0.900. The molecule has 1 aromatic heterocycles. The van der Waals surface area contributed by atoms with Crippen molar-refractivity contribution in [2.24, 2.45) is 0 Å². The Morgan fingerprint density at radius 3 is 2.47 bits per heavy atom. The lowest BCUT2D eigenvalue weighted by molar-refractivity contribution is 0.279. The lowest BCUT2D eigenvalue weighted by Gasteiger charge is -2.30. The number of rotatable bonds is 2. The van der Waals surface area contributed by atoms with Gasteiger partial charge in [0, 0.05) is 24.4 Å². The SMILES string of the molecule is CCc1nnc(C2C[C@@H](C)N[C@@H](C)C2)o1. The van der Waals surface area contributed by atoms with Gasteiger partial charge in [-0.15, -0.1) is 10.2 Å². The van der Waals surface area contributed by atoms with E-state index in [2.05, 4.69) is 29.4 Å². The van der Waals surface area contributed by atoms with Crippen LogP contribution in [-0.2, 0) is 6.42 Å². The summed E-state index contributed by atoms with van der Waals surface area (Å²) in [7, 11) is 0. The van der Waals surface area contributed by atoms with Crippen molar-refractivity contribution in [3.63, 3.8) is 0 Å². The second kappa shape index (κ2) is 4.31. The largest absolute Gasteiger partial charge is 0.425 e. The second-order valence-electron chi connectivity index (χ2n) is 4.52. The normalized spacial score (nSPS) is 31.8. The molecular weight excluding hydrogens is 190 g/mol. The standard InChI is InChI=1S/C11H19N3O/c1-4-10-13-14-11(15-10)9-5-7(2)12-8(3)6-9/h7-9,12H,4-6H2,1-3H3/t7-,8+,9?. The van der Waals surface area contributed by atoms with E-state index in [1.165, 1.54) is 0 Å². The fourth-order valence-electron chi connectivity index (χ4n) is 2.35. The summed E-state index contributed by atoms with van der Waals surface area (Å²) in [5.74, 6) is 2.01. The third-order valence-corrected chi connectivity index (χ3v) is 2.98. The third kappa shape index (κ3) is 2.37.